The molecule has 1 heterocycles. The van der Waals surface area contributed by atoms with E-state index in [0.29, 0.717) is 29.3 Å². The van der Waals surface area contributed by atoms with Crippen LogP contribution in [0.2, 0.25) is 0 Å². The fraction of sp³-hybridized carbons (Fsp3) is 0.0667. The SMILES string of the molecule is C=CCNc1ncc(C(=O)Nc2ccccc2C#N)cn1. The molecule has 21 heavy (non-hydrogen) atoms. The van der Waals surface area contributed by atoms with E-state index in [1.807, 2.05) is 6.07 Å². The van der Waals surface area contributed by atoms with Crippen molar-refractivity contribution in [3.8, 4) is 6.07 Å². The van der Waals surface area contributed by atoms with Crippen LogP contribution in [0.5, 0.6) is 0 Å². The van der Waals surface area contributed by atoms with Crippen molar-refractivity contribution < 1.29 is 4.79 Å². The first-order chi connectivity index (χ1) is 10.2. The summed E-state index contributed by atoms with van der Waals surface area (Å²) in [6.45, 7) is 4.12. The Morgan fingerprint density at radius 2 is 2.05 bits per heavy atom. The molecule has 2 aromatic rings. The number of anilines is 2. The second-order valence-electron chi connectivity index (χ2n) is 4.08. The molecule has 2 N–H and O–H groups in total. The molecule has 0 unspecified atom stereocenters. The lowest BCUT2D eigenvalue weighted by atomic mass is 10.2. The van der Waals surface area contributed by atoms with Gasteiger partial charge < -0.3 is 10.6 Å². The van der Waals surface area contributed by atoms with E-state index in [1.165, 1.54) is 12.4 Å². The largest absolute Gasteiger partial charge is 0.351 e. The van der Waals surface area contributed by atoms with Crippen LogP contribution in [0.15, 0.2) is 49.3 Å². The van der Waals surface area contributed by atoms with Crippen molar-refractivity contribution in [2.75, 3.05) is 17.2 Å². The van der Waals surface area contributed by atoms with Gasteiger partial charge in [-0.3, -0.25) is 4.79 Å². The normalized spacial score (nSPS) is 9.48. The van der Waals surface area contributed by atoms with Gasteiger partial charge in [0.2, 0.25) is 5.95 Å². The highest BCUT2D eigenvalue weighted by atomic mass is 16.1. The molecule has 0 aliphatic rings. The zero-order valence-corrected chi connectivity index (χ0v) is 11.2. The molecule has 2 rings (SSSR count). The summed E-state index contributed by atoms with van der Waals surface area (Å²) < 4.78 is 0. The number of para-hydroxylation sites is 1. The molecule has 1 aromatic carbocycles. The van der Waals surface area contributed by atoms with Crippen LogP contribution in [0, 0.1) is 11.3 Å². The summed E-state index contributed by atoms with van der Waals surface area (Å²) in [5.41, 5.74) is 1.17. The standard InChI is InChI=1S/C15H13N5O/c1-2-7-17-15-18-9-12(10-19-15)14(21)20-13-6-4-3-5-11(13)8-16/h2-6,9-10H,1,7H2,(H,20,21)(H,17,18,19). The molecular weight excluding hydrogens is 266 g/mol. The summed E-state index contributed by atoms with van der Waals surface area (Å²) in [4.78, 5) is 20.1. The Hall–Kier alpha value is -3.20. The molecule has 1 aromatic heterocycles. The average Bonchev–Trinajstić information content (AvgIpc) is 2.54. The van der Waals surface area contributed by atoms with Crippen LogP contribution in [-0.4, -0.2) is 22.4 Å². The van der Waals surface area contributed by atoms with Gasteiger partial charge >= 0.3 is 0 Å². The molecule has 0 bridgehead atoms. The number of benzene rings is 1. The topological polar surface area (TPSA) is 90.7 Å². The minimum atomic E-state index is -0.368. The Morgan fingerprint density at radius 1 is 1.33 bits per heavy atom. The fourth-order valence-electron chi connectivity index (χ4n) is 1.58. The summed E-state index contributed by atoms with van der Waals surface area (Å²) in [5.74, 6) is 0.0526. The van der Waals surface area contributed by atoms with Gasteiger partial charge in [0.05, 0.1) is 16.8 Å². The third-order valence-corrected chi connectivity index (χ3v) is 2.61. The Morgan fingerprint density at radius 3 is 2.71 bits per heavy atom. The molecule has 0 saturated carbocycles. The fourth-order valence-corrected chi connectivity index (χ4v) is 1.58. The molecule has 0 saturated heterocycles. The number of carbonyl (C=O) groups is 1. The van der Waals surface area contributed by atoms with Gasteiger partial charge in [-0.15, -0.1) is 6.58 Å². The van der Waals surface area contributed by atoms with Crippen LogP contribution >= 0.6 is 0 Å². The number of aromatic nitrogens is 2. The number of carbonyl (C=O) groups excluding carboxylic acids is 1. The van der Waals surface area contributed by atoms with Gasteiger partial charge in [-0.25, -0.2) is 9.97 Å². The van der Waals surface area contributed by atoms with Crippen molar-refractivity contribution in [3.63, 3.8) is 0 Å². The number of amides is 1. The van der Waals surface area contributed by atoms with Gasteiger partial charge in [-0.05, 0) is 12.1 Å². The lowest BCUT2D eigenvalue weighted by Crippen LogP contribution is -2.14. The lowest BCUT2D eigenvalue weighted by molar-refractivity contribution is 0.102. The van der Waals surface area contributed by atoms with E-state index in [-0.39, 0.29) is 5.91 Å². The molecule has 0 aliphatic heterocycles. The molecule has 0 atom stereocenters. The molecule has 6 heteroatoms. The summed E-state index contributed by atoms with van der Waals surface area (Å²) >= 11 is 0. The van der Waals surface area contributed by atoms with E-state index >= 15 is 0 Å². The Bertz CT molecular complexity index is 688. The second-order valence-corrected chi connectivity index (χ2v) is 4.08. The quantitative estimate of drug-likeness (QED) is 0.819. The van der Waals surface area contributed by atoms with Crippen molar-refractivity contribution in [3.05, 3.63) is 60.4 Å². The number of hydrogen-bond acceptors (Lipinski definition) is 5. The van der Waals surface area contributed by atoms with Gasteiger partial charge in [0.25, 0.3) is 5.91 Å². The van der Waals surface area contributed by atoms with Crippen LogP contribution in [0.4, 0.5) is 11.6 Å². The van der Waals surface area contributed by atoms with Crippen LogP contribution in [0.1, 0.15) is 15.9 Å². The van der Waals surface area contributed by atoms with E-state index in [9.17, 15) is 4.79 Å². The lowest BCUT2D eigenvalue weighted by Gasteiger charge is -2.07. The van der Waals surface area contributed by atoms with Gasteiger partial charge in [0.1, 0.15) is 6.07 Å². The van der Waals surface area contributed by atoms with Gasteiger partial charge in [-0.1, -0.05) is 18.2 Å². The third-order valence-electron chi connectivity index (χ3n) is 2.61. The zero-order chi connectivity index (χ0) is 15.1. The maximum absolute atomic E-state index is 12.1. The van der Waals surface area contributed by atoms with Crippen LogP contribution in [-0.2, 0) is 0 Å². The van der Waals surface area contributed by atoms with Crippen molar-refractivity contribution in [1.29, 1.82) is 5.26 Å². The molecule has 0 spiro atoms. The Balaban J connectivity index is 2.10. The van der Waals surface area contributed by atoms with Crippen molar-refractivity contribution >= 4 is 17.5 Å². The molecule has 0 aliphatic carbocycles. The summed E-state index contributed by atoms with van der Waals surface area (Å²) in [7, 11) is 0. The van der Waals surface area contributed by atoms with E-state index in [0.717, 1.165) is 0 Å². The zero-order valence-electron chi connectivity index (χ0n) is 11.2. The van der Waals surface area contributed by atoms with Crippen molar-refractivity contribution in [1.82, 2.24) is 9.97 Å². The van der Waals surface area contributed by atoms with Crippen molar-refractivity contribution in [2.24, 2.45) is 0 Å². The van der Waals surface area contributed by atoms with Gasteiger partial charge in [0.15, 0.2) is 0 Å². The first-order valence-corrected chi connectivity index (χ1v) is 6.22. The first kappa shape index (κ1) is 14.2. The monoisotopic (exact) mass is 279 g/mol. The number of nitriles is 1. The van der Waals surface area contributed by atoms with Crippen LogP contribution < -0.4 is 10.6 Å². The molecule has 0 radical (unpaired) electrons. The summed E-state index contributed by atoms with van der Waals surface area (Å²) in [5, 5.41) is 14.6. The smallest absolute Gasteiger partial charge is 0.258 e. The molecular formula is C15H13N5O. The van der Waals surface area contributed by atoms with E-state index in [1.54, 1.807) is 30.3 Å². The van der Waals surface area contributed by atoms with Gasteiger partial charge in [0, 0.05) is 18.9 Å². The predicted octanol–water partition coefficient (Wildman–Crippen LogP) is 2.20. The Labute approximate surface area is 122 Å². The third kappa shape index (κ3) is 3.64. The highest BCUT2D eigenvalue weighted by Crippen LogP contribution is 2.14. The number of nitrogens with zero attached hydrogens (tertiary/aromatic N) is 3. The number of rotatable bonds is 5. The summed E-state index contributed by atoms with van der Waals surface area (Å²) in [6.07, 6.45) is 4.52. The van der Waals surface area contributed by atoms with Crippen molar-refractivity contribution in [2.45, 2.75) is 0 Å². The van der Waals surface area contributed by atoms with E-state index in [4.69, 9.17) is 5.26 Å². The Kier molecular flexibility index (Phi) is 4.62. The molecule has 1 amide bonds. The first-order valence-electron chi connectivity index (χ1n) is 6.22. The minimum absolute atomic E-state index is 0.312. The maximum Gasteiger partial charge on any atom is 0.258 e. The number of nitrogens with one attached hydrogen (secondary N) is 2. The molecule has 0 fully saturated rings. The predicted molar refractivity (Wildman–Crippen MR) is 79.8 cm³/mol. The summed E-state index contributed by atoms with van der Waals surface area (Å²) in [6, 6.07) is 8.80. The van der Waals surface area contributed by atoms with Gasteiger partial charge in [-0.2, -0.15) is 5.26 Å². The van der Waals surface area contributed by atoms with E-state index < -0.39 is 0 Å². The second kappa shape index (κ2) is 6.82. The molecule has 104 valence electrons. The number of hydrogen-bond donors (Lipinski definition) is 2. The van der Waals surface area contributed by atoms with Crippen LogP contribution in [0.25, 0.3) is 0 Å². The van der Waals surface area contributed by atoms with Crippen LogP contribution in [0.3, 0.4) is 0 Å². The maximum atomic E-state index is 12.1. The van der Waals surface area contributed by atoms with E-state index in [2.05, 4.69) is 27.2 Å². The molecule has 6 nitrogen and oxygen atoms in total. The minimum Gasteiger partial charge on any atom is -0.351 e. The highest BCUT2D eigenvalue weighted by molar-refractivity contribution is 6.04. The highest BCUT2D eigenvalue weighted by Gasteiger charge is 2.09. The average molecular weight is 279 g/mol.